The van der Waals surface area contributed by atoms with Gasteiger partial charge in [-0.15, -0.1) is 0 Å². The molecule has 1 aliphatic heterocycles. The van der Waals surface area contributed by atoms with Crippen molar-refractivity contribution >= 4 is 11.0 Å². The molecule has 0 unspecified atom stereocenters. The Bertz CT molecular complexity index is 1270. The van der Waals surface area contributed by atoms with Crippen LogP contribution in [0.25, 0.3) is 22.1 Å². The lowest BCUT2D eigenvalue weighted by Crippen LogP contribution is -2.60. The fraction of sp³-hybridized carbons (Fsp3) is 0.286. The number of ether oxygens (including phenoxy) is 2. The van der Waals surface area contributed by atoms with Crippen LogP contribution < -0.4 is 4.74 Å². The number of hydrogen-bond donors (Lipinski definition) is 4. The Morgan fingerprint density at radius 1 is 0.771 bits per heavy atom. The van der Waals surface area contributed by atoms with Crippen LogP contribution in [0.5, 0.6) is 5.75 Å². The fourth-order valence-corrected chi connectivity index (χ4v) is 4.51. The summed E-state index contributed by atoms with van der Waals surface area (Å²) in [6.45, 7) is -0.520. The second kappa shape index (κ2) is 10.2. The van der Waals surface area contributed by atoms with Crippen LogP contribution in [-0.4, -0.2) is 57.7 Å². The first kappa shape index (κ1) is 23.5. The van der Waals surface area contributed by atoms with Crippen LogP contribution in [0.4, 0.5) is 0 Å². The van der Waals surface area contributed by atoms with Crippen molar-refractivity contribution in [2.75, 3.05) is 6.61 Å². The molecule has 0 radical (unpaired) electrons. The quantitative estimate of drug-likeness (QED) is 0.324. The van der Waals surface area contributed by atoms with Crippen LogP contribution in [0, 0.1) is 0 Å². The molecule has 3 aromatic carbocycles. The zero-order valence-electron chi connectivity index (χ0n) is 19.0. The molecule has 1 aromatic heterocycles. The Morgan fingerprint density at radius 3 is 2.34 bits per heavy atom. The summed E-state index contributed by atoms with van der Waals surface area (Å²) in [5, 5.41) is 40.7. The number of furan rings is 1. The predicted octanol–water partition coefficient (Wildman–Crippen LogP) is 3.06. The summed E-state index contributed by atoms with van der Waals surface area (Å²) in [6, 6.07) is 24.0. The van der Waals surface area contributed by atoms with E-state index in [1.807, 2.05) is 24.3 Å². The zero-order chi connectivity index (χ0) is 24.4. The van der Waals surface area contributed by atoms with Gasteiger partial charge in [0.15, 0.2) is 0 Å². The summed E-state index contributed by atoms with van der Waals surface area (Å²) < 4.78 is 17.2. The molecule has 0 aliphatic carbocycles. The maximum Gasteiger partial charge on any atom is 0.229 e. The number of hydrogen-bond acceptors (Lipinski definition) is 7. The number of aliphatic hydroxyl groups excluding tert-OH is 4. The molecule has 5 atom stereocenters. The molecular formula is C28H28O7. The fourth-order valence-electron chi connectivity index (χ4n) is 4.51. The zero-order valence-corrected chi connectivity index (χ0v) is 19.0. The van der Waals surface area contributed by atoms with Gasteiger partial charge in [-0.1, -0.05) is 60.7 Å². The molecule has 35 heavy (non-hydrogen) atoms. The molecule has 0 saturated carbocycles. The minimum absolute atomic E-state index is 0.425. The van der Waals surface area contributed by atoms with Gasteiger partial charge in [-0.2, -0.15) is 0 Å². The van der Waals surface area contributed by atoms with E-state index in [0.717, 1.165) is 22.9 Å². The van der Waals surface area contributed by atoms with Crippen molar-refractivity contribution in [3.63, 3.8) is 0 Å². The van der Waals surface area contributed by atoms with Crippen molar-refractivity contribution in [2.45, 2.75) is 43.5 Å². The molecule has 0 amide bonds. The van der Waals surface area contributed by atoms with Gasteiger partial charge in [-0.25, -0.2) is 0 Å². The Labute approximate surface area is 202 Å². The molecule has 0 bridgehead atoms. The number of aryl methyl sites for hydroxylation is 2. The van der Waals surface area contributed by atoms with Crippen LogP contribution in [0.15, 0.2) is 83.5 Å². The second-order valence-corrected chi connectivity index (χ2v) is 8.77. The topological polar surface area (TPSA) is 113 Å². The smallest absolute Gasteiger partial charge is 0.229 e. The summed E-state index contributed by atoms with van der Waals surface area (Å²) in [6.07, 6.45) is -3.57. The van der Waals surface area contributed by atoms with Crippen LogP contribution in [-0.2, 0) is 17.6 Å². The molecule has 4 N–H and O–H groups in total. The summed E-state index contributed by atoms with van der Waals surface area (Å²) in [5.41, 5.74) is 5.07. The van der Waals surface area contributed by atoms with Gasteiger partial charge < -0.3 is 34.3 Å². The molecule has 7 nitrogen and oxygen atoms in total. The van der Waals surface area contributed by atoms with E-state index < -0.39 is 37.3 Å². The lowest BCUT2D eigenvalue weighted by Gasteiger charge is -2.39. The highest BCUT2D eigenvalue weighted by atomic mass is 16.7. The van der Waals surface area contributed by atoms with Crippen LogP contribution in [0.2, 0.25) is 0 Å². The molecular weight excluding hydrogens is 448 g/mol. The van der Waals surface area contributed by atoms with Gasteiger partial charge in [0.1, 0.15) is 35.7 Å². The SMILES string of the molecule is OC[C@H]1O[C@@H](Oc2cccc3occ(CCc4cccc(-c5ccccc5)c4)c23)[C@H](O)[C@@H](O)[C@@H]1O. The van der Waals surface area contributed by atoms with E-state index in [0.29, 0.717) is 17.8 Å². The first-order chi connectivity index (χ1) is 17.0. The van der Waals surface area contributed by atoms with Crippen molar-refractivity contribution in [2.24, 2.45) is 0 Å². The Balaban J connectivity index is 1.37. The highest BCUT2D eigenvalue weighted by molar-refractivity contribution is 5.87. The van der Waals surface area contributed by atoms with Gasteiger partial charge in [-0.3, -0.25) is 0 Å². The van der Waals surface area contributed by atoms with Gasteiger partial charge in [0, 0.05) is 5.56 Å². The average molecular weight is 477 g/mol. The predicted molar refractivity (Wildman–Crippen MR) is 130 cm³/mol. The van der Waals surface area contributed by atoms with Crippen LogP contribution in [0.3, 0.4) is 0 Å². The van der Waals surface area contributed by atoms with Gasteiger partial charge in [-0.05, 0) is 41.7 Å². The third-order valence-electron chi connectivity index (χ3n) is 6.45. The molecule has 1 fully saturated rings. The van der Waals surface area contributed by atoms with Crippen molar-refractivity contribution in [3.05, 3.63) is 90.2 Å². The van der Waals surface area contributed by atoms with E-state index in [-0.39, 0.29) is 0 Å². The lowest BCUT2D eigenvalue weighted by molar-refractivity contribution is -0.277. The minimum atomic E-state index is -1.51. The first-order valence-corrected chi connectivity index (χ1v) is 11.7. The Hall–Kier alpha value is -3.20. The summed E-state index contributed by atoms with van der Waals surface area (Å²) in [5.74, 6) is 0.425. The minimum Gasteiger partial charge on any atom is -0.464 e. The van der Waals surface area contributed by atoms with Gasteiger partial charge in [0.2, 0.25) is 6.29 Å². The van der Waals surface area contributed by atoms with Gasteiger partial charge in [0.25, 0.3) is 0 Å². The average Bonchev–Trinajstić information content (AvgIpc) is 3.32. The summed E-state index contributed by atoms with van der Waals surface area (Å²) in [7, 11) is 0. The van der Waals surface area contributed by atoms with Gasteiger partial charge >= 0.3 is 0 Å². The Kier molecular flexibility index (Phi) is 6.86. The highest BCUT2D eigenvalue weighted by Crippen LogP contribution is 2.34. The van der Waals surface area contributed by atoms with E-state index >= 15 is 0 Å². The van der Waals surface area contributed by atoms with Crippen molar-refractivity contribution in [1.82, 2.24) is 0 Å². The summed E-state index contributed by atoms with van der Waals surface area (Å²) >= 11 is 0. The number of rotatable bonds is 7. The largest absolute Gasteiger partial charge is 0.464 e. The number of benzene rings is 3. The monoisotopic (exact) mass is 476 g/mol. The van der Waals surface area contributed by atoms with E-state index in [1.165, 1.54) is 11.1 Å². The molecule has 5 rings (SSSR count). The number of fused-ring (bicyclic) bond motifs is 1. The molecule has 4 aromatic rings. The van der Waals surface area contributed by atoms with Crippen molar-refractivity contribution in [1.29, 1.82) is 0 Å². The van der Waals surface area contributed by atoms with Gasteiger partial charge in [0.05, 0.1) is 18.3 Å². The summed E-state index contributed by atoms with van der Waals surface area (Å²) in [4.78, 5) is 0. The third-order valence-corrected chi connectivity index (χ3v) is 6.45. The van der Waals surface area contributed by atoms with Crippen LogP contribution >= 0.6 is 0 Å². The third kappa shape index (κ3) is 4.82. The van der Waals surface area contributed by atoms with E-state index in [2.05, 4.69) is 36.4 Å². The normalized spacial score (nSPS) is 24.5. The van der Waals surface area contributed by atoms with E-state index in [4.69, 9.17) is 13.9 Å². The maximum absolute atomic E-state index is 10.4. The number of aliphatic hydroxyl groups is 4. The Morgan fingerprint density at radius 2 is 1.54 bits per heavy atom. The van der Waals surface area contributed by atoms with E-state index in [1.54, 1.807) is 18.4 Å². The first-order valence-electron chi connectivity index (χ1n) is 11.7. The molecule has 7 heteroatoms. The highest BCUT2D eigenvalue weighted by Gasteiger charge is 2.44. The molecule has 182 valence electrons. The molecule has 2 heterocycles. The molecule has 1 aliphatic rings. The van der Waals surface area contributed by atoms with Crippen LogP contribution in [0.1, 0.15) is 11.1 Å². The maximum atomic E-state index is 10.4. The van der Waals surface area contributed by atoms with Crippen molar-refractivity contribution < 1.29 is 34.3 Å². The molecule has 1 saturated heterocycles. The lowest BCUT2D eigenvalue weighted by atomic mass is 9.98. The second-order valence-electron chi connectivity index (χ2n) is 8.77. The standard InChI is InChI=1S/C28H28O7/c29-15-23-25(30)26(31)27(32)28(35-23)34-22-11-5-10-21-24(22)20(16-33-21)13-12-17-6-4-9-19(14-17)18-7-2-1-3-8-18/h1-11,14,16,23,25-32H,12-13,15H2/t23-,25-,26+,27-,28-/m1/s1. The van der Waals surface area contributed by atoms with Crippen molar-refractivity contribution in [3.8, 4) is 16.9 Å². The molecule has 0 spiro atoms. The van der Waals surface area contributed by atoms with E-state index in [9.17, 15) is 20.4 Å².